The number of piperidine rings is 2. The van der Waals surface area contributed by atoms with Gasteiger partial charge in [0.15, 0.2) is 0 Å². The van der Waals surface area contributed by atoms with Crippen molar-refractivity contribution in [3.05, 3.63) is 47.7 Å². The molecule has 2 N–H and O–H groups in total. The summed E-state index contributed by atoms with van der Waals surface area (Å²) in [5, 5.41) is 4.85. The van der Waals surface area contributed by atoms with Crippen molar-refractivity contribution >= 4 is 47.2 Å². The molecule has 0 saturated carbocycles. The van der Waals surface area contributed by atoms with E-state index in [9.17, 15) is 24.0 Å². The van der Waals surface area contributed by atoms with Crippen LogP contribution in [0.4, 0.5) is 17.2 Å². The Morgan fingerprint density at radius 3 is 2.33 bits per heavy atom. The maximum Gasteiger partial charge on any atom is 0.262 e. The fourth-order valence-electron chi connectivity index (χ4n) is 6.43. The average molecular weight is 574 g/mol. The molecule has 1 unspecified atom stereocenters. The number of pyridine rings is 1. The number of amides is 5. The van der Waals surface area contributed by atoms with Gasteiger partial charge in [-0.15, -0.1) is 0 Å². The number of imide groups is 2. The van der Waals surface area contributed by atoms with Gasteiger partial charge in [0.25, 0.3) is 11.8 Å². The third kappa shape index (κ3) is 5.58. The van der Waals surface area contributed by atoms with E-state index in [1.165, 1.54) is 0 Å². The van der Waals surface area contributed by atoms with E-state index in [-0.39, 0.29) is 18.7 Å². The van der Waals surface area contributed by atoms with Crippen LogP contribution in [0.1, 0.15) is 52.8 Å². The summed E-state index contributed by atoms with van der Waals surface area (Å²) >= 11 is 0. The lowest BCUT2D eigenvalue weighted by atomic mass is 9.93. The third-order valence-corrected chi connectivity index (χ3v) is 8.93. The number of anilines is 3. The van der Waals surface area contributed by atoms with Crippen LogP contribution in [0.15, 0.2) is 36.5 Å². The molecule has 1 aromatic carbocycles. The Kier molecular flexibility index (Phi) is 7.88. The molecule has 0 aliphatic carbocycles. The van der Waals surface area contributed by atoms with Gasteiger partial charge in [-0.1, -0.05) is 0 Å². The van der Waals surface area contributed by atoms with Crippen molar-refractivity contribution in [1.82, 2.24) is 20.1 Å². The molecule has 1 atom stereocenters. The number of hydrogen-bond acceptors (Lipinski definition) is 9. The molecule has 3 fully saturated rings. The van der Waals surface area contributed by atoms with Crippen molar-refractivity contribution in [2.75, 3.05) is 60.9 Å². The predicted molar refractivity (Wildman–Crippen MR) is 155 cm³/mol. The Hall–Kier alpha value is -4.32. The molecule has 1 aromatic heterocycles. The largest absolute Gasteiger partial charge is 0.369 e. The second-order valence-electron chi connectivity index (χ2n) is 11.4. The van der Waals surface area contributed by atoms with Crippen LogP contribution in [-0.4, -0.2) is 96.7 Å². The van der Waals surface area contributed by atoms with Gasteiger partial charge in [-0.05, 0) is 68.5 Å². The predicted octanol–water partition coefficient (Wildman–Crippen LogP) is 1.48. The smallest absolute Gasteiger partial charge is 0.262 e. The maximum atomic E-state index is 13.2. The van der Waals surface area contributed by atoms with Crippen LogP contribution in [0.3, 0.4) is 0 Å². The van der Waals surface area contributed by atoms with Gasteiger partial charge in [-0.25, -0.2) is 4.98 Å². The number of fused-ring (bicyclic) bond motifs is 1. The minimum atomic E-state index is -0.954. The fraction of sp³-hybridized carbons (Fsp3) is 0.467. The highest BCUT2D eigenvalue weighted by Crippen LogP contribution is 2.31. The summed E-state index contributed by atoms with van der Waals surface area (Å²) in [6, 6.07) is 8.20. The van der Waals surface area contributed by atoms with E-state index in [0.29, 0.717) is 29.1 Å². The van der Waals surface area contributed by atoms with Crippen LogP contribution in [0.5, 0.6) is 0 Å². The summed E-state index contributed by atoms with van der Waals surface area (Å²) in [5.74, 6) is -0.305. The van der Waals surface area contributed by atoms with Gasteiger partial charge in [-0.3, -0.25) is 39.1 Å². The highest BCUT2D eigenvalue weighted by Gasteiger charge is 2.44. The van der Waals surface area contributed by atoms with Crippen molar-refractivity contribution in [3.63, 3.8) is 0 Å². The normalized spacial score (nSPS) is 21.9. The number of carbonyl (C=O) groups excluding carboxylic acids is 5. The molecule has 4 aliphatic heterocycles. The lowest BCUT2D eigenvalue weighted by molar-refractivity contribution is -0.136. The molecular weight excluding hydrogens is 538 g/mol. The standard InChI is InChI=1S/C30H35N7O5/c38-19-32-21-1-5-26(31-18-21)36-11-8-20(9-12-36)7-10-34-13-15-35(16-14-34)22-2-3-23-24(17-22)30(42)37(29(23)41)25-4-6-27(39)33-28(25)40/h1-3,5,17-20,25H,4,6-16H2,(H,32,38)(H,33,39,40). The number of benzene rings is 1. The molecule has 0 radical (unpaired) electrons. The zero-order valence-electron chi connectivity index (χ0n) is 23.5. The van der Waals surface area contributed by atoms with Gasteiger partial charge in [0.05, 0.1) is 23.0 Å². The summed E-state index contributed by atoms with van der Waals surface area (Å²) in [6.07, 6.45) is 6.02. The second-order valence-corrected chi connectivity index (χ2v) is 11.4. The van der Waals surface area contributed by atoms with E-state index < -0.39 is 23.8 Å². The highest BCUT2D eigenvalue weighted by atomic mass is 16.2. The van der Waals surface area contributed by atoms with Crippen molar-refractivity contribution in [3.8, 4) is 0 Å². The molecule has 0 bridgehead atoms. The average Bonchev–Trinajstić information content (AvgIpc) is 3.26. The van der Waals surface area contributed by atoms with Gasteiger partial charge < -0.3 is 15.1 Å². The number of piperazine rings is 1. The number of hydrogen-bond donors (Lipinski definition) is 2. The van der Waals surface area contributed by atoms with Gasteiger partial charge in [-0.2, -0.15) is 0 Å². The lowest BCUT2D eigenvalue weighted by Crippen LogP contribution is -2.54. The van der Waals surface area contributed by atoms with Crippen LogP contribution >= 0.6 is 0 Å². The first-order valence-corrected chi connectivity index (χ1v) is 14.7. The van der Waals surface area contributed by atoms with Crippen LogP contribution in [0.2, 0.25) is 0 Å². The number of rotatable bonds is 8. The molecule has 0 spiro atoms. The molecule has 12 nitrogen and oxygen atoms in total. The first-order valence-electron chi connectivity index (χ1n) is 14.7. The fourth-order valence-corrected chi connectivity index (χ4v) is 6.43. The maximum absolute atomic E-state index is 13.2. The minimum Gasteiger partial charge on any atom is -0.369 e. The summed E-state index contributed by atoms with van der Waals surface area (Å²) in [6.45, 7) is 6.53. The van der Waals surface area contributed by atoms with Crippen LogP contribution in [0, 0.1) is 5.92 Å². The van der Waals surface area contributed by atoms with E-state index in [1.54, 1.807) is 18.3 Å². The molecule has 220 valence electrons. The Balaban J connectivity index is 0.972. The van der Waals surface area contributed by atoms with Gasteiger partial charge in [0.1, 0.15) is 11.9 Å². The van der Waals surface area contributed by atoms with Crippen LogP contribution < -0.4 is 20.4 Å². The molecule has 5 amide bonds. The van der Waals surface area contributed by atoms with Gasteiger partial charge in [0, 0.05) is 51.4 Å². The number of aromatic nitrogens is 1. The summed E-state index contributed by atoms with van der Waals surface area (Å²) in [4.78, 5) is 73.2. The lowest BCUT2D eigenvalue weighted by Gasteiger charge is -2.38. The van der Waals surface area contributed by atoms with E-state index >= 15 is 0 Å². The van der Waals surface area contributed by atoms with Crippen molar-refractivity contribution in [1.29, 1.82) is 0 Å². The summed E-state index contributed by atoms with van der Waals surface area (Å²) in [5.41, 5.74) is 2.22. The molecule has 5 heterocycles. The van der Waals surface area contributed by atoms with Gasteiger partial charge in [0.2, 0.25) is 18.2 Å². The van der Waals surface area contributed by atoms with Crippen LogP contribution in [-0.2, 0) is 14.4 Å². The molecule has 12 heteroatoms. The van der Waals surface area contributed by atoms with Crippen LogP contribution in [0.25, 0.3) is 0 Å². The Morgan fingerprint density at radius 1 is 0.881 bits per heavy atom. The van der Waals surface area contributed by atoms with E-state index in [2.05, 4.69) is 30.3 Å². The van der Waals surface area contributed by atoms with E-state index in [0.717, 1.165) is 81.5 Å². The molecule has 2 aromatic rings. The first-order chi connectivity index (χ1) is 20.4. The SMILES string of the molecule is O=CNc1ccc(N2CCC(CCN3CCN(c4ccc5c(c4)C(=O)N(C4CCC(=O)NC4=O)C5=O)CC3)CC2)nc1. The molecule has 42 heavy (non-hydrogen) atoms. The Morgan fingerprint density at radius 2 is 1.64 bits per heavy atom. The Bertz CT molecular complexity index is 1380. The van der Waals surface area contributed by atoms with E-state index in [4.69, 9.17) is 0 Å². The molecule has 6 rings (SSSR count). The highest BCUT2D eigenvalue weighted by molar-refractivity contribution is 6.23. The molecular formula is C30H35N7O5. The zero-order chi connectivity index (χ0) is 29.2. The summed E-state index contributed by atoms with van der Waals surface area (Å²) in [7, 11) is 0. The minimum absolute atomic E-state index is 0.104. The first kappa shape index (κ1) is 27.8. The second kappa shape index (κ2) is 11.9. The number of nitrogens with zero attached hydrogens (tertiary/aromatic N) is 5. The topological polar surface area (TPSA) is 135 Å². The quantitative estimate of drug-likeness (QED) is 0.356. The molecule has 3 saturated heterocycles. The van der Waals surface area contributed by atoms with Crippen molar-refractivity contribution in [2.45, 2.75) is 38.1 Å². The number of nitrogens with one attached hydrogen (secondary N) is 2. The Labute approximate surface area is 244 Å². The van der Waals surface area contributed by atoms with Crippen molar-refractivity contribution in [2.24, 2.45) is 5.92 Å². The number of carbonyl (C=O) groups is 5. The monoisotopic (exact) mass is 573 g/mol. The molecule has 4 aliphatic rings. The van der Waals surface area contributed by atoms with E-state index in [1.807, 2.05) is 18.2 Å². The van der Waals surface area contributed by atoms with Gasteiger partial charge >= 0.3 is 0 Å². The third-order valence-electron chi connectivity index (χ3n) is 8.93. The zero-order valence-corrected chi connectivity index (χ0v) is 23.5. The summed E-state index contributed by atoms with van der Waals surface area (Å²) < 4.78 is 0. The van der Waals surface area contributed by atoms with Crippen molar-refractivity contribution < 1.29 is 24.0 Å².